The van der Waals surface area contributed by atoms with Crippen molar-refractivity contribution in [2.75, 3.05) is 13.1 Å². The Morgan fingerprint density at radius 3 is 3.00 bits per heavy atom. The molecule has 1 saturated heterocycles. The average molecular weight is 219 g/mol. The summed E-state index contributed by atoms with van der Waals surface area (Å²) in [6.45, 7) is 6.61. The van der Waals surface area contributed by atoms with Crippen molar-refractivity contribution in [3.05, 3.63) is 29.6 Å². The minimum absolute atomic E-state index is 0.573. The molecule has 0 bridgehead atoms. The number of hydrogen-bond acceptors (Lipinski definition) is 2. The van der Waals surface area contributed by atoms with Crippen molar-refractivity contribution in [1.29, 1.82) is 0 Å². The van der Waals surface area contributed by atoms with E-state index in [1.54, 1.807) is 0 Å². The van der Waals surface area contributed by atoms with Crippen LogP contribution in [0.4, 0.5) is 0 Å². The van der Waals surface area contributed by atoms with Crippen LogP contribution in [0.5, 0.6) is 0 Å². The number of hydrogen-bond donors (Lipinski definition) is 0. The van der Waals surface area contributed by atoms with Gasteiger partial charge in [-0.25, -0.2) is 0 Å². The molecule has 1 unspecified atom stereocenters. The Bertz CT molecular complexity index is 374. The molecule has 3 nitrogen and oxygen atoms in total. The minimum atomic E-state index is 0.573. The van der Waals surface area contributed by atoms with Crippen molar-refractivity contribution in [3.8, 4) is 0 Å². The van der Waals surface area contributed by atoms with Gasteiger partial charge in [-0.3, -0.25) is 9.58 Å². The fourth-order valence-electron chi connectivity index (χ4n) is 2.33. The van der Waals surface area contributed by atoms with E-state index in [2.05, 4.69) is 36.1 Å². The summed E-state index contributed by atoms with van der Waals surface area (Å²) < 4.78 is 1.90. The lowest BCUT2D eigenvalue weighted by Crippen LogP contribution is -2.23. The second-order valence-corrected chi connectivity index (χ2v) is 4.88. The van der Waals surface area contributed by atoms with E-state index in [0.29, 0.717) is 6.04 Å². The van der Waals surface area contributed by atoms with Crippen molar-refractivity contribution in [3.63, 3.8) is 0 Å². The van der Waals surface area contributed by atoms with Crippen molar-refractivity contribution in [2.45, 2.75) is 32.7 Å². The van der Waals surface area contributed by atoms with Gasteiger partial charge in [0.1, 0.15) is 0 Å². The third kappa shape index (κ3) is 2.53. The molecule has 1 atom stereocenters. The summed E-state index contributed by atoms with van der Waals surface area (Å²) in [6, 6.07) is 0.573. The SMILES string of the molecule is CC(C)=CCN1CCCC1c1cnn(C)c1. The van der Waals surface area contributed by atoms with E-state index in [1.807, 2.05) is 17.9 Å². The fraction of sp³-hybridized carbons (Fsp3) is 0.615. The number of aryl methyl sites for hydroxylation is 1. The van der Waals surface area contributed by atoms with Gasteiger partial charge in [0.2, 0.25) is 0 Å². The van der Waals surface area contributed by atoms with E-state index < -0.39 is 0 Å². The highest BCUT2D eigenvalue weighted by Crippen LogP contribution is 2.31. The van der Waals surface area contributed by atoms with Crippen molar-refractivity contribution < 1.29 is 0 Å². The quantitative estimate of drug-likeness (QED) is 0.728. The van der Waals surface area contributed by atoms with E-state index >= 15 is 0 Å². The molecule has 0 aliphatic carbocycles. The molecule has 0 saturated carbocycles. The first-order chi connectivity index (χ1) is 7.66. The largest absolute Gasteiger partial charge is 0.293 e. The van der Waals surface area contributed by atoms with Crippen molar-refractivity contribution in [2.24, 2.45) is 7.05 Å². The van der Waals surface area contributed by atoms with Crippen LogP contribution in [0.1, 0.15) is 38.3 Å². The van der Waals surface area contributed by atoms with Crippen LogP contribution >= 0.6 is 0 Å². The highest BCUT2D eigenvalue weighted by atomic mass is 15.3. The van der Waals surface area contributed by atoms with E-state index in [9.17, 15) is 0 Å². The summed E-state index contributed by atoms with van der Waals surface area (Å²) in [4.78, 5) is 2.55. The molecule has 2 rings (SSSR count). The second-order valence-electron chi connectivity index (χ2n) is 4.88. The molecule has 1 aromatic heterocycles. The molecule has 0 radical (unpaired) electrons. The van der Waals surface area contributed by atoms with E-state index in [0.717, 1.165) is 6.54 Å². The number of likely N-dealkylation sites (tertiary alicyclic amines) is 1. The second kappa shape index (κ2) is 4.83. The number of rotatable bonds is 3. The molecule has 1 aromatic rings. The fourth-order valence-corrected chi connectivity index (χ4v) is 2.33. The number of aromatic nitrogens is 2. The molecule has 1 fully saturated rings. The van der Waals surface area contributed by atoms with Gasteiger partial charge in [0, 0.05) is 31.4 Å². The standard InChI is InChI=1S/C13H21N3/c1-11(2)6-8-16-7-4-5-13(16)12-9-14-15(3)10-12/h6,9-10,13H,4-5,7-8H2,1-3H3. The number of nitrogens with zero attached hydrogens (tertiary/aromatic N) is 3. The summed E-state index contributed by atoms with van der Waals surface area (Å²) in [6.07, 6.45) is 9.03. The Morgan fingerprint density at radius 2 is 2.38 bits per heavy atom. The van der Waals surface area contributed by atoms with Crippen LogP contribution in [0.15, 0.2) is 24.0 Å². The van der Waals surface area contributed by atoms with E-state index in [-0.39, 0.29) is 0 Å². The molecular formula is C13H21N3. The Morgan fingerprint density at radius 1 is 1.56 bits per heavy atom. The molecule has 0 aromatic carbocycles. The topological polar surface area (TPSA) is 21.1 Å². The molecule has 88 valence electrons. The van der Waals surface area contributed by atoms with Gasteiger partial charge in [-0.15, -0.1) is 0 Å². The van der Waals surface area contributed by atoms with Gasteiger partial charge in [-0.1, -0.05) is 11.6 Å². The molecule has 1 aliphatic rings. The Labute approximate surface area is 97.8 Å². The van der Waals surface area contributed by atoms with Crippen LogP contribution in [0.25, 0.3) is 0 Å². The summed E-state index contributed by atoms with van der Waals surface area (Å²) in [5, 5.41) is 4.27. The normalized spacial score (nSPS) is 21.3. The van der Waals surface area contributed by atoms with Gasteiger partial charge < -0.3 is 0 Å². The average Bonchev–Trinajstić information content (AvgIpc) is 2.82. The van der Waals surface area contributed by atoms with Crippen LogP contribution in [0, 0.1) is 0 Å². The predicted molar refractivity (Wildman–Crippen MR) is 66.2 cm³/mol. The number of allylic oxidation sites excluding steroid dienone is 1. The van der Waals surface area contributed by atoms with Gasteiger partial charge in [-0.2, -0.15) is 5.10 Å². The van der Waals surface area contributed by atoms with Gasteiger partial charge in [0.25, 0.3) is 0 Å². The highest BCUT2D eigenvalue weighted by molar-refractivity contribution is 5.13. The zero-order chi connectivity index (χ0) is 11.5. The highest BCUT2D eigenvalue weighted by Gasteiger charge is 2.25. The van der Waals surface area contributed by atoms with Crippen LogP contribution in [0.2, 0.25) is 0 Å². The maximum atomic E-state index is 4.27. The molecule has 16 heavy (non-hydrogen) atoms. The summed E-state index contributed by atoms with van der Waals surface area (Å²) in [5.41, 5.74) is 2.76. The van der Waals surface area contributed by atoms with Gasteiger partial charge in [0.05, 0.1) is 6.20 Å². The van der Waals surface area contributed by atoms with Crippen LogP contribution in [-0.2, 0) is 7.05 Å². The van der Waals surface area contributed by atoms with Crippen molar-refractivity contribution >= 4 is 0 Å². The minimum Gasteiger partial charge on any atom is -0.293 e. The summed E-state index contributed by atoms with van der Waals surface area (Å²) in [5.74, 6) is 0. The first kappa shape index (κ1) is 11.4. The Kier molecular flexibility index (Phi) is 3.44. The van der Waals surface area contributed by atoms with Gasteiger partial charge >= 0.3 is 0 Å². The third-order valence-electron chi connectivity index (χ3n) is 3.21. The lowest BCUT2D eigenvalue weighted by molar-refractivity contribution is 0.285. The first-order valence-corrected chi connectivity index (χ1v) is 6.03. The van der Waals surface area contributed by atoms with Gasteiger partial charge in [-0.05, 0) is 33.2 Å². The third-order valence-corrected chi connectivity index (χ3v) is 3.21. The molecule has 2 heterocycles. The molecule has 3 heteroatoms. The molecule has 1 aliphatic heterocycles. The van der Waals surface area contributed by atoms with Crippen LogP contribution in [-0.4, -0.2) is 27.8 Å². The first-order valence-electron chi connectivity index (χ1n) is 6.03. The lowest BCUT2D eigenvalue weighted by atomic mass is 10.1. The predicted octanol–water partition coefficient (Wildman–Crippen LogP) is 2.52. The van der Waals surface area contributed by atoms with Crippen molar-refractivity contribution in [1.82, 2.24) is 14.7 Å². The van der Waals surface area contributed by atoms with Gasteiger partial charge in [0.15, 0.2) is 0 Å². The maximum Gasteiger partial charge on any atom is 0.0537 e. The Balaban J connectivity index is 2.06. The molecule has 0 amide bonds. The Hall–Kier alpha value is -1.09. The van der Waals surface area contributed by atoms with E-state index in [1.165, 1.54) is 30.5 Å². The summed E-state index contributed by atoms with van der Waals surface area (Å²) in [7, 11) is 1.99. The van der Waals surface area contributed by atoms with Crippen LogP contribution in [0.3, 0.4) is 0 Å². The smallest absolute Gasteiger partial charge is 0.0537 e. The molecule has 0 N–H and O–H groups in total. The molecule has 0 spiro atoms. The summed E-state index contributed by atoms with van der Waals surface area (Å²) >= 11 is 0. The zero-order valence-corrected chi connectivity index (χ0v) is 10.5. The zero-order valence-electron chi connectivity index (χ0n) is 10.5. The monoisotopic (exact) mass is 219 g/mol. The van der Waals surface area contributed by atoms with Crippen LogP contribution < -0.4 is 0 Å². The molecular weight excluding hydrogens is 198 g/mol. The lowest BCUT2D eigenvalue weighted by Gasteiger charge is -2.22. The van der Waals surface area contributed by atoms with E-state index in [4.69, 9.17) is 0 Å². The maximum absolute atomic E-state index is 4.27.